The first-order valence-corrected chi connectivity index (χ1v) is 5.71. The number of nitrogens with zero attached hydrogens (tertiary/aromatic N) is 1. The fraction of sp³-hybridized carbons (Fsp3) is 0.727. The molecule has 0 amide bonds. The molecule has 1 atom stereocenters. The summed E-state index contributed by atoms with van der Waals surface area (Å²) in [6.07, 6.45) is 5.44. The number of hydrogen-bond donors (Lipinski definition) is 2. The Balaban J connectivity index is 1.97. The van der Waals surface area contributed by atoms with Gasteiger partial charge in [0.25, 0.3) is 5.92 Å². The maximum atomic E-state index is 13.0. The van der Waals surface area contributed by atoms with E-state index in [-0.39, 0.29) is 5.69 Å². The minimum absolute atomic E-state index is 0.0988. The molecule has 2 N–H and O–H groups in total. The van der Waals surface area contributed by atoms with Crippen molar-refractivity contribution in [2.75, 3.05) is 6.54 Å². The van der Waals surface area contributed by atoms with Crippen LogP contribution in [0.2, 0.25) is 0 Å². The van der Waals surface area contributed by atoms with Gasteiger partial charge in [0, 0.05) is 19.4 Å². The Morgan fingerprint density at radius 3 is 2.88 bits per heavy atom. The molecule has 1 fully saturated rings. The van der Waals surface area contributed by atoms with Crippen molar-refractivity contribution in [3.63, 3.8) is 0 Å². The molecule has 90 valence electrons. The van der Waals surface area contributed by atoms with Crippen LogP contribution >= 0.6 is 0 Å². The number of piperidine rings is 1. The molecule has 1 aromatic heterocycles. The van der Waals surface area contributed by atoms with Crippen molar-refractivity contribution in [2.45, 2.75) is 44.6 Å². The third kappa shape index (κ3) is 2.78. The molecule has 1 unspecified atom stereocenters. The van der Waals surface area contributed by atoms with Gasteiger partial charge in [-0.1, -0.05) is 6.42 Å². The first kappa shape index (κ1) is 11.5. The van der Waals surface area contributed by atoms with Crippen LogP contribution in [0.25, 0.3) is 0 Å². The summed E-state index contributed by atoms with van der Waals surface area (Å²) in [4.78, 5) is 6.70. The highest BCUT2D eigenvalue weighted by Gasteiger charge is 2.27. The number of alkyl halides is 2. The van der Waals surface area contributed by atoms with Gasteiger partial charge in [-0.15, -0.1) is 0 Å². The molecule has 1 aromatic rings. The zero-order valence-corrected chi connectivity index (χ0v) is 9.39. The number of halogens is 2. The zero-order chi connectivity index (χ0) is 11.6. The third-order valence-corrected chi connectivity index (χ3v) is 2.95. The van der Waals surface area contributed by atoms with Gasteiger partial charge in [0.1, 0.15) is 11.5 Å². The number of H-pyrrole nitrogens is 1. The second-order valence-electron chi connectivity index (χ2n) is 4.48. The van der Waals surface area contributed by atoms with Crippen molar-refractivity contribution in [1.29, 1.82) is 0 Å². The molecule has 5 heteroatoms. The second-order valence-corrected chi connectivity index (χ2v) is 4.48. The molecule has 3 nitrogen and oxygen atoms in total. The van der Waals surface area contributed by atoms with Crippen molar-refractivity contribution >= 4 is 0 Å². The zero-order valence-electron chi connectivity index (χ0n) is 9.39. The summed E-state index contributed by atoms with van der Waals surface area (Å²) in [5, 5.41) is 3.37. The lowest BCUT2D eigenvalue weighted by molar-refractivity contribution is 0.0131. The van der Waals surface area contributed by atoms with Gasteiger partial charge in [-0.3, -0.25) is 0 Å². The fourth-order valence-corrected chi connectivity index (χ4v) is 2.02. The van der Waals surface area contributed by atoms with Gasteiger partial charge in [0.15, 0.2) is 0 Å². The van der Waals surface area contributed by atoms with E-state index < -0.39 is 5.92 Å². The number of hydrogen-bond acceptors (Lipinski definition) is 2. The van der Waals surface area contributed by atoms with Gasteiger partial charge in [-0.25, -0.2) is 4.98 Å². The van der Waals surface area contributed by atoms with E-state index in [1.165, 1.54) is 19.0 Å². The lowest BCUT2D eigenvalue weighted by atomic mass is 10.0. The molecule has 0 bridgehead atoms. The topological polar surface area (TPSA) is 40.7 Å². The Bertz CT molecular complexity index is 337. The highest BCUT2D eigenvalue weighted by atomic mass is 19.3. The molecular weight excluding hydrogens is 212 g/mol. The predicted molar refractivity (Wildman–Crippen MR) is 57.5 cm³/mol. The molecule has 1 aliphatic heterocycles. The summed E-state index contributed by atoms with van der Waals surface area (Å²) in [5.41, 5.74) is -0.0988. The molecule has 1 saturated heterocycles. The van der Waals surface area contributed by atoms with Crippen molar-refractivity contribution in [3.05, 3.63) is 17.7 Å². The van der Waals surface area contributed by atoms with Crippen molar-refractivity contribution in [2.24, 2.45) is 0 Å². The Morgan fingerprint density at radius 1 is 1.50 bits per heavy atom. The molecule has 2 rings (SSSR count). The second kappa shape index (κ2) is 4.49. The number of aromatic nitrogens is 2. The molecule has 0 radical (unpaired) electrons. The Morgan fingerprint density at radius 2 is 2.31 bits per heavy atom. The van der Waals surface area contributed by atoms with Gasteiger partial charge in [0.2, 0.25) is 0 Å². The number of nitrogens with one attached hydrogen (secondary N) is 2. The number of imidazole rings is 1. The minimum Gasteiger partial charge on any atom is -0.341 e. The standard InChI is InChI=1S/C11H17F2N3/c1-11(12,13)9-7-15-10(16-9)6-8-4-2-3-5-14-8/h7-8,14H,2-6H2,1H3,(H,15,16). The largest absolute Gasteiger partial charge is 0.341 e. The van der Waals surface area contributed by atoms with Crippen LogP contribution in [-0.2, 0) is 12.3 Å². The smallest absolute Gasteiger partial charge is 0.286 e. The maximum Gasteiger partial charge on any atom is 0.286 e. The molecule has 0 aromatic carbocycles. The van der Waals surface area contributed by atoms with Crippen molar-refractivity contribution in [3.8, 4) is 0 Å². The van der Waals surface area contributed by atoms with E-state index in [2.05, 4.69) is 15.3 Å². The summed E-state index contributed by atoms with van der Waals surface area (Å²) in [7, 11) is 0. The fourth-order valence-electron chi connectivity index (χ4n) is 2.02. The highest BCUT2D eigenvalue weighted by Crippen LogP contribution is 2.25. The summed E-state index contributed by atoms with van der Waals surface area (Å²) < 4.78 is 25.9. The van der Waals surface area contributed by atoms with Gasteiger partial charge in [-0.05, 0) is 19.4 Å². The van der Waals surface area contributed by atoms with E-state index in [0.29, 0.717) is 18.3 Å². The summed E-state index contributed by atoms with van der Waals surface area (Å²) in [6, 6.07) is 0.373. The molecule has 1 aliphatic rings. The normalized spacial score (nSPS) is 22.3. The monoisotopic (exact) mass is 229 g/mol. The van der Waals surface area contributed by atoms with E-state index in [9.17, 15) is 8.78 Å². The molecule has 0 saturated carbocycles. The van der Waals surface area contributed by atoms with E-state index in [1.807, 2.05) is 0 Å². The summed E-state index contributed by atoms with van der Waals surface area (Å²) in [6.45, 7) is 1.89. The number of aromatic amines is 1. The third-order valence-electron chi connectivity index (χ3n) is 2.95. The van der Waals surface area contributed by atoms with Crippen LogP contribution in [0, 0.1) is 0 Å². The minimum atomic E-state index is -2.83. The van der Waals surface area contributed by atoms with Crippen LogP contribution in [0.4, 0.5) is 8.78 Å². The molecule has 2 heterocycles. The lowest BCUT2D eigenvalue weighted by Gasteiger charge is -2.22. The summed E-state index contributed by atoms with van der Waals surface area (Å²) in [5.74, 6) is -2.18. The average molecular weight is 229 g/mol. The summed E-state index contributed by atoms with van der Waals surface area (Å²) >= 11 is 0. The van der Waals surface area contributed by atoms with Gasteiger partial charge < -0.3 is 10.3 Å². The Kier molecular flexibility index (Phi) is 3.23. The first-order chi connectivity index (χ1) is 7.55. The quantitative estimate of drug-likeness (QED) is 0.834. The maximum absolute atomic E-state index is 13.0. The van der Waals surface area contributed by atoms with Gasteiger partial charge in [-0.2, -0.15) is 8.78 Å². The first-order valence-electron chi connectivity index (χ1n) is 5.71. The molecule has 0 spiro atoms. The van der Waals surface area contributed by atoms with Crippen LogP contribution in [0.15, 0.2) is 6.20 Å². The van der Waals surface area contributed by atoms with Gasteiger partial charge >= 0.3 is 0 Å². The number of rotatable bonds is 3. The van der Waals surface area contributed by atoms with Crippen LogP contribution in [0.5, 0.6) is 0 Å². The van der Waals surface area contributed by atoms with Crippen LogP contribution in [0.1, 0.15) is 37.7 Å². The van der Waals surface area contributed by atoms with Crippen LogP contribution in [-0.4, -0.2) is 22.6 Å². The molecule has 16 heavy (non-hydrogen) atoms. The predicted octanol–water partition coefficient (Wildman–Crippen LogP) is 2.21. The van der Waals surface area contributed by atoms with Gasteiger partial charge in [0.05, 0.1) is 6.20 Å². The van der Waals surface area contributed by atoms with Crippen molar-refractivity contribution in [1.82, 2.24) is 15.3 Å². The van der Waals surface area contributed by atoms with E-state index >= 15 is 0 Å². The Hall–Kier alpha value is -0.970. The van der Waals surface area contributed by atoms with Crippen molar-refractivity contribution < 1.29 is 8.78 Å². The molecular formula is C11H17F2N3. The SMILES string of the molecule is CC(F)(F)c1cnc(CC2CCCCN2)[nH]1. The lowest BCUT2D eigenvalue weighted by Crippen LogP contribution is -2.35. The van der Waals surface area contributed by atoms with E-state index in [4.69, 9.17) is 0 Å². The molecule has 0 aliphatic carbocycles. The average Bonchev–Trinajstić information content (AvgIpc) is 2.67. The Labute approximate surface area is 93.7 Å². The van der Waals surface area contributed by atoms with E-state index in [1.54, 1.807) is 0 Å². The van der Waals surface area contributed by atoms with E-state index in [0.717, 1.165) is 19.9 Å². The van der Waals surface area contributed by atoms with Crippen LogP contribution < -0.4 is 5.32 Å². The van der Waals surface area contributed by atoms with Crippen LogP contribution in [0.3, 0.4) is 0 Å². The highest BCUT2D eigenvalue weighted by molar-refractivity contribution is 5.07.